The molecule has 0 bridgehead atoms. The van der Waals surface area contributed by atoms with Gasteiger partial charge in [-0.1, -0.05) is 18.2 Å². The summed E-state index contributed by atoms with van der Waals surface area (Å²) in [6.45, 7) is 1.33. The normalized spacial score (nSPS) is 15.6. The van der Waals surface area contributed by atoms with E-state index in [0.717, 1.165) is 34.9 Å². The van der Waals surface area contributed by atoms with Gasteiger partial charge in [-0.05, 0) is 38.4 Å². The number of aromatic amines is 1. The number of hydrogen-bond donors (Lipinski definition) is 3. The molecule has 0 saturated carbocycles. The third kappa shape index (κ3) is 4.67. The first-order valence-electron chi connectivity index (χ1n) is 10.5. The lowest BCUT2D eigenvalue weighted by atomic mass is 9.85. The van der Waals surface area contributed by atoms with Crippen LogP contribution in [0.15, 0.2) is 54.9 Å². The number of rotatable bonds is 7. The van der Waals surface area contributed by atoms with E-state index in [0.29, 0.717) is 18.5 Å². The summed E-state index contributed by atoms with van der Waals surface area (Å²) in [5, 5.41) is 6.38. The standard InChI is InChI=1S/C24H27N5O2/c1-29(2)13-12-26-24(31)17-14-19-21(20(30)15-17)23(27-18-6-4-3-5-7-18)22(28-19)16-8-10-25-11-9-16/h3-11,17,27-28H,12-15H2,1-2H3,(H,26,31). The molecule has 4 rings (SSSR count). The number of ketones is 1. The van der Waals surface area contributed by atoms with Gasteiger partial charge in [0.15, 0.2) is 5.78 Å². The van der Waals surface area contributed by atoms with E-state index < -0.39 is 0 Å². The van der Waals surface area contributed by atoms with Crippen LogP contribution in [0.3, 0.4) is 0 Å². The molecule has 1 aliphatic carbocycles. The van der Waals surface area contributed by atoms with Crippen molar-refractivity contribution in [3.63, 3.8) is 0 Å². The third-order valence-electron chi connectivity index (χ3n) is 5.48. The maximum atomic E-state index is 13.2. The fourth-order valence-electron chi connectivity index (χ4n) is 3.92. The van der Waals surface area contributed by atoms with Crippen LogP contribution < -0.4 is 10.6 Å². The van der Waals surface area contributed by atoms with E-state index in [2.05, 4.69) is 20.6 Å². The second-order valence-electron chi connectivity index (χ2n) is 8.08. The van der Waals surface area contributed by atoms with Crippen LogP contribution in [0.4, 0.5) is 11.4 Å². The van der Waals surface area contributed by atoms with Gasteiger partial charge in [0.2, 0.25) is 5.91 Å². The largest absolute Gasteiger partial charge is 0.356 e. The number of amides is 1. The maximum Gasteiger partial charge on any atom is 0.224 e. The molecule has 160 valence electrons. The summed E-state index contributed by atoms with van der Waals surface area (Å²) in [5.41, 5.74) is 4.86. The zero-order valence-electron chi connectivity index (χ0n) is 17.8. The van der Waals surface area contributed by atoms with Gasteiger partial charge in [0.25, 0.3) is 0 Å². The summed E-state index contributed by atoms with van der Waals surface area (Å²) in [4.78, 5) is 35.4. The lowest BCUT2D eigenvalue weighted by molar-refractivity contribution is -0.125. The Morgan fingerprint density at radius 3 is 2.58 bits per heavy atom. The van der Waals surface area contributed by atoms with Crippen LogP contribution in [0, 0.1) is 5.92 Å². The minimum atomic E-state index is -0.365. The van der Waals surface area contributed by atoms with Crippen molar-refractivity contribution in [2.45, 2.75) is 12.8 Å². The molecule has 3 N–H and O–H groups in total. The van der Waals surface area contributed by atoms with E-state index in [1.54, 1.807) is 12.4 Å². The number of hydrogen-bond acceptors (Lipinski definition) is 5. The summed E-state index contributed by atoms with van der Waals surface area (Å²) in [6, 6.07) is 13.6. The number of aromatic nitrogens is 2. The maximum absolute atomic E-state index is 13.2. The highest BCUT2D eigenvalue weighted by Gasteiger charge is 2.34. The Labute approximate surface area is 181 Å². The molecule has 1 atom stereocenters. The van der Waals surface area contributed by atoms with Crippen molar-refractivity contribution in [2.24, 2.45) is 5.92 Å². The van der Waals surface area contributed by atoms with Crippen LogP contribution in [0.5, 0.6) is 0 Å². The predicted molar refractivity (Wildman–Crippen MR) is 121 cm³/mol. The Morgan fingerprint density at radius 2 is 1.87 bits per heavy atom. The molecule has 7 nitrogen and oxygen atoms in total. The molecule has 1 amide bonds. The molecule has 2 heterocycles. The first kappa shape index (κ1) is 20.8. The lowest BCUT2D eigenvalue weighted by Crippen LogP contribution is -2.38. The van der Waals surface area contributed by atoms with Gasteiger partial charge in [-0.2, -0.15) is 0 Å². The fraction of sp³-hybridized carbons (Fsp3) is 0.292. The summed E-state index contributed by atoms with van der Waals surface area (Å²) in [6.07, 6.45) is 4.16. The van der Waals surface area contributed by atoms with Gasteiger partial charge in [-0.3, -0.25) is 14.6 Å². The molecule has 1 aliphatic rings. The fourth-order valence-corrected chi connectivity index (χ4v) is 3.92. The van der Waals surface area contributed by atoms with E-state index >= 15 is 0 Å². The predicted octanol–water partition coefficient (Wildman–Crippen LogP) is 3.24. The summed E-state index contributed by atoms with van der Waals surface area (Å²) in [5.74, 6) is -0.460. The van der Waals surface area contributed by atoms with Crippen molar-refractivity contribution in [2.75, 3.05) is 32.5 Å². The van der Waals surface area contributed by atoms with Crippen molar-refractivity contribution in [1.29, 1.82) is 0 Å². The zero-order valence-corrected chi connectivity index (χ0v) is 17.8. The molecule has 0 saturated heterocycles. The average molecular weight is 418 g/mol. The molecule has 2 aromatic heterocycles. The Bertz CT molecular complexity index is 1060. The highest BCUT2D eigenvalue weighted by Crippen LogP contribution is 2.39. The first-order chi connectivity index (χ1) is 15.0. The zero-order chi connectivity index (χ0) is 21.8. The molecule has 1 unspecified atom stereocenters. The van der Waals surface area contributed by atoms with Crippen LogP contribution in [-0.4, -0.2) is 53.7 Å². The number of fused-ring (bicyclic) bond motifs is 1. The Hall–Kier alpha value is -3.45. The molecule has 7 heteroatoms. The summed E-state index contributed by atoms with van der Waals surface area (Å²) < 4.78 is 0. The highest BCUT2D eigenvalue weighted by molar-refractivity contribution is 6.09. The van der Waals surface area contributed by atoms with Gasteiger partial charge >= 0.3 is 0 Å². The topological polar surface area (TPSA) is 90.1 Å². The van der Waals surface area contributed by atoms with Crippen LogP contribution in [-0.2, 0) is 11.2 Å². The molecule has 0 spiro atoms. The average Bonchev–Trinajstić information content (AvgIpc) is 3.13. The second kappa shape index (κ2) is 9.14. The van der Waals surface area contributed by atoms with Gasteiger partial charge in [0.05, 0.1) is 22.9 Å². The number of carbonyl (C=O) groups is 2. The Balaban J connectivity index is 1.65. The van der Waals surface area contributed by atoms with Crippen LogP contribution in [0.1, 0.15) is 22.5 Å². The van der Waals surface area contributed by atoms with Gasteiger partial charge < -0.3 is 20.5 Å². The summed E-state index contributed by atoms with van der Waals surface area (Å²) >= 11 is 0. The van der Waals surface area contributed by atoms with Crippen molar-refractivity contribution in [1.82, 2.24) is 20.2 Å². The molecule has 31 heavy (non-hydrogen) atoms. The minimum absolute atomic E-state index is 0.0241. The molecule has 1 aromatic carbocycles. The molecule has 0 fully saturated rings. The molecular formula is C24H27N5O2. The number of anilines is 2. The number of nitrogens with zero attached hydrogens (tertiary/aromatic N) is 2. The van der Waals surface area contributed by atoms with Crippen LogP contribution in [0.2, 0.25) is 0 Å². The Morgan fingerprint density at radius 1 is 1.13 bits per heavy atom. The summed E-state index contributed by atoms with van der Waals surface area (Å²) in [7, 11) is 3.92. The monoisotopic (exact) mass is 417 g/mol. The van der Waals surface area contributed by atoms with Gasteiger partial charge in [-0.15, -0.1) is 0 Å². The highest BCUT2D eigenvalue weighted by atomic mass is 16.2. The minimum Gasteiger partial charge on any atom is -0.356 e. The van der Waals surface area contributed by atoms with Crippen molar-refractivity contribution in [3.05, 3.63) is 66.1 Å². The smallest absolute Gasteiger partial charge is 0.224 e. The van der Waals surface area contributed by atoms with Gasteiger partial charge in [0.1, 0.15) is 0 Å². The first-order valence-corrected chi connectivity index (χ1v) is 10.5. The van der Waals surface area contributed by atoms with Crippen LogP contribution >= 0.6 is 0 Å². The van der Waals surface area contributed by atoms with Gasteiger partial charge in [0, 0.05) is 55.3 Å². The van der Waals surface area contributed by atoms with E-state index in [4.69, 9.17) is 0 Å². The molecule has 0 radical (unpaired) electrons. The van der Waals surface area contributed by atoms with E-state index in [9.17, 15) is 9.59 Å². The molecule has 0 aliphatic heterocycles. The van der Waals surface area contributed by atoms with Gasteiger partial charge in [-0.25, -0.2) is 0 Å². The SMILES string of the molecule is CN(C)CCNC(=O)C1CC(=O)c2c([nH]c(-c3ccncc3)c2Nc2ccccc2)C1. The van der Waals surface area contributed by atoms with Crippen molar-refractivity contribution >= 4 is 23.1 Å². The van der Waals surface area contributed by atoms with Crippen LogP contribution in [0.25, 0.3) is 11.3 Å². The quantitative estimate of drug-likeness (QED) is 0.549. The second-order valence-corrected chi connectivity index (χ2v) is 8.08. The number of pyridine rings is 1. The number of likely N-dealkylation sites (N-methyl/N-ethyl adjacent to an activating group) is 1. The number of Topliss-reactive ketones (excluding diaryl/α,β-unsaturated/α-hetero) is 1. The van der Waals surface area contributed by atoms with E-state index in [-0.39, 0.29) is 24.0 Å². The third-order valence-corrected chi connectivity index (χ3v) is 5.48. The van der Waals surface area contributed by atoms with E-state index in [1.807, 2.05) is 61.5 Å². The number of para-hydroxylation sites is 1. The number of carbonyl (C=O) groups excluding carboxylic acids is 2. The lowest BCUT2D eigenvalue weighted by Gasteiger charge is -2.22. The molecule has 3 aromatic rings. The van der Waals surface area contributed by atoms with Crippen molar-refractivity contribution < 1.29 is 9.59 Å². The number of nitrogens with one attached hydrogen (secondary N) is 3. The number of H-pyrrole nitrogens is 1. The molecular weight excluding hydrogens is 390 g/mol. The Kier molecular flexibility index (Phi) is 6.13. The van der Waals surface area contributed by atoms with Crippen molar-refractivity contribution in [3.8, 4) is 11.3 Å². The van der Waals surface area contributed by atoms with E-state index in [1.165, 1.54) is 0 Å². The number of benzene rings is 1.